The summed E-state index contributed by atoms with van der Waals surface area (Å²) >= 11 is 0. The highest BCUT2D eigenvalue weighted by atomic mass is 32.2. The van der Waals surface area contributed by atoms with Gasteiger partial charge in [0.1, 0.15) is 16.8 Å². The van der Waals surface area contributed by atoms with Crippen LogP contribution in [-0.2, 0) is 16.3 Å². The zero-order valence-electron chi connectivity index (χ0n) is 13.7. The van der Waals surface area contributed by atoms with Gasteiger partial charge < -0.3 is 4.90 Å². The van der Waals surface area contributed by atoms with Gasteiger partial charge in [-0.25, -0.2) is 12.8 Å². The van der Waals surface area contributed by atoms with Gasteiger partial charge in [0.05, 0.1) is 5.69 Å². The number of aryl methyl sites for hydroxylation is 1. The lowest BCUT2D eigenvalue weighted by atomic mass is 10.1. The topological polar surface area (TPSA) is 61.2 Å². The minimum Gasteiger partial charge on any atom is -0.314 e. The maximum absolute atomic E-state index is 14.2. The normalized spacial score (nSPS) is 15.2. The van der Waals surface area contributed by atoms with Gasteiger partial charge in [-0.05, 0) is 42.7 Å². The van der Waals surface area contributed by atoms with E-state index in [2.05, 4.69) is 6.92 Å². The van der Waals surface area contributed by atoms with E-state index in [-0.39, 0.29) is 5.69 Å². The van der Waals surface area contributed by atoms with Crippen LogP contribution in [0.2, 0.25) is 0 Å². The monoisotopic (exact) mass is 356 g/mol. The fraction of sp³-hybridized carbons (Fsp3) is 0.211. The smallest absolute Gasteiger partial charge is 0.223 e. The van der Waals surface area contributed by atoms with Crippen molar-refractivity contribution in [3.63, 3.8) is 0 Å². The molecule has 3 rings (SSSR count). The van der Waals surface area contributed by atoms with Crippen LogP contribution in [-0.4, -0.2) is 8.42 Å². The van der Waals surface area contributed by atoms with E-state index in [4.69, 9.17) is 0 Å². The summed E-state index contributed by atoms with van der Waals surface area (Å²) in [5.41, 5.74) is 2.06. The molecule has 0 bridgehead atoms. The van der Waals surface area contributed by atoms with Gasteiger partial charge in [-0.1, -0.05) is 31.5 Å². The van der Waals surface area contributed by atoms with E-state index in [9.17, 15) is 18.1 Å². The summed E-state index contributed by atoms with van der Waals surface area (Å²) < 4.78 is 39.1. The Hall–Kier alpha value is -2.65. The van der Waals surface area contributed by atoms with Crippen molar-refractivity contribution >= 4 is 21.2 Å². The van der Waals surface area contributed by atoms with Gasteiger partial charge in [-0.2, -0.15) is 5.26 Å². The number of hydrogen-bond acceptors (Lipinski definition) is 4. The van der Waals surface area contributed by atoms with Crippen LogP contribution in [0.5, 0.6) is 0 Å². The summed E-state index contributed by atoms with van der Waals surface area (Å²) in [5.74, 6) is -0.858. The molecule has 128 valence electrons. The first kappa shape index (κ1) is 17.2. The predicted molar refractivity (Wildman–Crippen MR) is 94.5 cm³/mol. The second kappa shape index (κ2) is 6.69. The molecule has 0 unspecified atom stereocenters. The van der Waals surface area contributed by atoms with Crippen molar-refractivity contribution < 1.29 is 12.8 Å². The minimum atomic E-state index is -4.14. The van der Waals surface area contributed by atoms with Crippen molar-refractivity contribution in [2.75, 3.05) is 4.90 Å². The summed E-state index contributed by atoms with van der Waals surface area (Å²) in [6, 6.07) is 13.4. The zero-order chi connectivity index (χ0) is 18.0. The Kier molecular flexibility index (Phi) is 4.60. The molecule has 0 saturated heterocycles. The van der Waals surface area contributed by atoms with Gasteiger partial charge in [0.15, 0.2) is 4.91 Å². The lowest BCUT2D eigenvalue weighted by Crippen LogP contribution is -2.22. The molecule has 0 aromatic heterocycles. The molecule has 2 aromatic rings. The molecular weight excluding hydrogens is 339 g/mol. The standard InChI is InChI=1S/C19H17FN2O2S/c1-2-3-5-14-8-10-15(11-9-14)22-13-16(12-21)25(23,24)19-17(20)6-4-7-18(19)22/h4,6-11,13H,2-3,5H2,1H3. The number of sulfone groups is 1. The highest BCUT2D eigenvalue weighted by molar-refractivity contribution is 7.95. The van der Waals surface area contributed by atoms with Gasteiger partial charge in [-0.15, -0.1) is 0 Å². The molecule has 0 radical (unpaired) electrons. The van der Waals surface area contributed by atoms with Crippen LogP contribution in [0.4, 0.5) is 15.8 Å². The third-order valence-electron chi connectivity index (χ3n) is 4.15. The Labute approximate surface area is 146 Å². The summed E-state index contributed by atoms with van der Waals surface area (Å²) in [6.45, 7) is 2.13. The van der Waals surface area contributed by atoms with Crippen molar-refractivity contribution in [3.8, 4) is 6.07 Å². The number of hydrogen-bond donors (Lipinski definition) is 0. The van der Waals surface area contributed by atoms with Gasteiger partial charge in [0, 0.05) is 11.9 Å². The molecular formula is C19H17FN2O2S. The number of halogens is 1. The van der Waals surface area contributed by atoms with Crippen LogP contribution >= 0.6 is 0 Å². The largest absolute Gasteiger partial charge is 0.314 e. The summed E-state index contributed by atoms with van der Waals surface area (Å²) in [5, 5.41) is 9.20. The SMILES string of the molecule is CCCCc1ccc(N2C=C(C#N)S(=O)(=O)c3c(F)cccc32)cc1. The number of benzene rings is 2. The molecule has 6 heteroatoms. The second-order valence-corrected chi connectivity index (χ2v) is 7.69. The summed E-state index contributed by atoms with van der Waals surface area (Å²) in [4.78, 5) is 0.617. The molecule has 0 atom stereocenters. The van der Waals surface area contributed by atoms with Crippen molar-refractivity contribution in [1.29, 1.82) is 5.26 Å². The van der Waals surface area contributed by atoms with Crippen molar-refractivity contribution in [2.45, 2.75) is 31.1 Å². The Morgan fingerprint density at radius 3 is 2.52 bits per heavy atom. The molecule has 0 spiro atoms. The molecule has 4 nitrogen and oxygen atoms in total. The maximum atomic E-state index is 14.2. The Morgan fingerprint density at radius 1 is 1.16 bits per heavy atom. The molecule has 0 N–H and O–H groups in total. The van der Waals surface area contributed by atoms with Gasteiger partial charge in [-0.3, -0.25) is 0 Å². The maximum Gasteiger partial charge on any atom is 0.223 e. The van der Waals surface area contributed by atoms with Crippen molar-refractivity contribution in [1.82, 2.24) is 0 Å². The molecule has 1 aliphatic heterocycles. The molecule has 1 heterocycles. The van der Waals surface area contributed by atoms with Crippen LogP contribution in [0.3, 0.4) is 0 Å². The molecule has 0 amide bonds. The lowest BCUT2D eigenvalue weighted by molar-refractivity contribution is 0.570. The quantitative estimate of drug-likeness (QED) is 0.811. The fourth-order valence-electron chi connectivity index (χ4n) is 2.83. The number of rotatable bonds is 4. The minimum absolute atomic E-state index is 0.209. The first-order chi connectivity index (χ1) is 12.0. The molecule has 25 heavy (non-hydrogen) atoms. The number of unbranched alkanes of at least 4 members (excludes halogenated alkanes) is 1. The van der Waals surface area contributed by atoms with E-state index in [1.165, 1.54) is 23.9 Å². The van der Waals surface area contributed by atoms with E-state index in [0.717, 1.165) is 25.3 Å². The van der Waals surface area contributed by atoms with E-state index in [1.807, 2.05) is 24.3 Å². The Morgan fingerprint density at radius 2 is 1.88 bits per heavy atom. The molecule has 0 fully saturated rings. The first-order valence-electron chi connectivity index (χ1n) is 8.02. The lowest BCUT2D eigenvalue weighted by Gasteiger charge is -2.27. The zero-order valence-corrected chi connectivity index (χ0v) is 14.6. The number of nitriles is 1. The summed E-state index contributed by atoms with van der Waals surface area (Å²) in [6.07, 6.45) is 4.41. The van der Waals surface area contributed by atoms with Crippen LogP contribution in [0.1, 0.15) is 25.3 Å². The van der Waals surface area contributed by atoms with Crippen LogP contribution in [0, 0.1) is 17.1 Å². The summed E-state index contributed by atoms with van der Waals surface area (Å²) in [7, 11) is -4.14. The molecule has 2 aromatic carbocycles. The van der Waals surface area contributed by atoms with Crippen molar-refractivity contribution in [2.24, 2.45) is 0 Å². The highest BCUT2D eigenvalue weighted by Crippen LogP contribution is 2.40. The third-order valence-corrected chi connectivity index (χ3v) is 5.87. The van der Waals surface area contributed by atoms with Gasteiger partial charge >= 0.3 is 0 Å². The third kappa shape index (κ3) is 3.03. The number of fused-ring (bicyclic) bond motifs is 1. The molecule has 1 aliphatic rings. The van der Waals surface area contributed by atoms with E-state index >= 15 is 0 Å². The van der Waals surface area contributed by atoms with E-state index in [0.29, 0.717) is 5.69 Å². The fourth-order valence-corrected chi connectivity index (χ4v) is 4.18. The van der Waals surface area contributed by atoms with Gasteiger partial charge in [0.2, 0.25) is 9.84 Å². The average molecular weight is 356 g/mol. The molecule has 0 aliphatic carbocycles. The second-order valence-electron chi connectivity index (χ2n) is 5.84. The van der Waals surface area contributed by atoms with Crippen LogP contribution in [0.15, 0.2) is 58.5 Å². The predicted octanol–water partition coefficient (Wildman–Crippen LogP) is 4.46. The van der Waals surface area contributed by atoms with Crippen LogP contribution < -0.4 is 4.90 Å². The van der Waals surface area contributed by atoms with Crippen LogP contribution in [0.25, 0.3) is 0 Å². The Balaban J connectivity index is 2.11. The number of anilines is 2. The highest BCUT2D eigenvalue weighted by Gasteiger charge is 2.34. The van der Waals surface area contributed by atoms with E-state index < -0.39 is 25.5 Å². The Bertz CT molecular complexity index is 973. The van der Waals surface area contributed by atoms with E-state index in [1.54, 1.807) is 11.0 Å². The average Bonchev–Trinajstić information content (AvgIpc) is 2.60. The van der Waals surface area contributed by atoms with Gasteiger partial charge in [0.25, 0.3) is 0 Å². The number of nitrogens with zero attached hydrogens (tertiary/aromatic N) is 2. The molecule has 0 saturated carbocycles. The first-order valence-corrected chi connectivity index (χ1v) is 9.51. The van der Waals surface area contributed by atoms with Crippen molar-refractivity contribution in [3.05, 3.63) is 65.0 Å². The number of allylic oxidation sites excluding steroid dienone is 1.